The number of carbonyl (C=O) groups excluding carboxylic acids is 2. The number of rotatable bonds is 7. The van der Waals surface area contributed by atoms with Crippen LogP contribution in [0.1, 0.15) is 42.6 Å². The first-order valence-corrected chi connectivity index (χ1v) is 11.1. The van der Waals surface area contributed by atoms with Gasteiger partial charge in [-0.25, -0.2) is 4.98 Å². The maximum Gasteiger partial charge on any atom is 0.307 e. The van der Waals surface area contributed by atoms with Gasteiger partial charge in [-0.15, -0.1) is 0 Å². The molecule has 32 heavy (non-hydrogen) atoms. The number of ether oxygens (including phenoxy) is 1. The van der Waals surface area contributed by atoms with Crippen molar-refractivity contribution >= 4 is 22.8 Å². The second-order valence-electron chi connectivity index (χ2n) is 8.17. The molecule has 8 heteroatoms. The van der Waals surface area contributed by atoms with Crippen molar-refractivity contribution < 1.29 is 14.3 Å². The number of hydrogen-bond donors (Lipinski definition) is 0. The normalized spacial score (nSPS) is 16.3. The lowest BCUT2D eigenvalue weighted by Crippen LogP contribution is -2.44. The van der Waals surface area contributed by atoms with Gasteiger partial charge in [0.25, 0.3) is 11.5 Å². The molecule has 1 aliphatic rings. The molecule has 0 radical (unpaired) electrons. The lowest BCUT2D eigenvalue weighted by atomic mass is 9.99. The second kappa shape index (κ2) is 9.80. The number of amides is 1. The van der Waals surface area contributed by atoms with Crippen molar-refractivity contribution in [1.82, 2.24) is 19.0 Å². The predicted molar refractivity (Wildman–Crippen MR) is 120 cm³/mol. The molecule has 1 amide bonds. The largest absolute Gasteiger partial charge is 0.466 e. The van der Waals surface area contributed by atoms with Gasteiger partial charge < -0.3 is 14.2 Å². The summed E-state index contributed by atoms with van der Waals surface area (Å²) in [4.78, 5) is 43.9. The standard InChI is InChI=1S/C24H28N4O4/c1-26-13-6-10-21(26)24(31)28-14-5-4-7-18(28)12-16-32-22(29)11-15-27-17-25-20-9-3-2-8-19(20)23(27)30/h2-3,6,8-10,13,17-18H,4-5,7,11-12,14-16H2,1H3. The summed E-state index contributed by atoms with van der Waals surface area (Å²) in [6.07, 6.45) is 6.99. The van der Waals surface area contributed by atoms with Crippen LogP contribution in [0.4, 0.5) is 0 Å². The molecule has 4 rings (SSSR count). The fraction of sp³-hybridized carbons (Fsp3) is 0.417. The van der Waals surface area contributed by atoms with Crippen molar-refractivity contribution in [2.24, 2.45) is 7.05 Å². The first kappa shape index (κ1) is 21.8. The van der Waals surface area contributed by atoms with Gasteiger partial charge in [-0.05, 0) is 43.5 Å². The fourth-order valence-corrected chi connectivity index (χ4v) is 4.26. The Balaban J connectivity index is 1.28. The van der Waals surface area contributed by atoms with Crippen LogP contribution in [0.5, 0.6) is 0 Å². The average Bonchev–Trinajstić information content (AvgIpc) is 3.24. The molecular formula is C24H28N4O4. The van der Waals surface area contributed by atoms with E-state index in [1.54, 1.807) is 18.2 Å². The van der Waals surface area contributed by atoms with Gasteiger partial charge >= 0.3 is 5.97 Å². The SMILES string of the molecule is Cn1cccc1C(=O)N1CCCCC1CCOC(=O)CCn1cnc2ccccc2c1=O. The van der Waals surface area contributed by atoms with Crippen LogP contribution >= 0.6 is 0 Å². The number of likely N-dealkylation sites (tertiary alicyclic amines) is 1. The molecule has 3 aromatic rings. The van der Waals surface area contributed by atoms with Gasteiger partial charge in [0.2, 0.25) is 0 Å². The first-order valence-electron chi connectivity index (χ1n) is 11.1. The topological polar surface area (TPSA) is 86.4 Å². The molecule has 1 fully saturated rings. The predicted octanol–water partition coefficient (Wildman–Crippen LogP) is 2.75. The average molecular weight is 437 g/mol. The smallest absolute Gasteiger partial charge is 0.307 e. The van der Waals surface area contributed by atoms with E-state index in [0.29, 0.717) is 23.0 Å². The van der Waals surface area contributed by atoms with E-state index < -0.39 is 0 Å². The number of aromatic nitrogens is 3. The van der Waals surface area contributed by atoms with Gasteiger partial charge in [-0.2, -0.15) is 0 Å². The highest BCUT2D eigenvalue weighted by atomic mass is 16.5. The minimum absolute atomic E-state index is 0.0247. The zero-order chi connectivity index (χ0) is 22.5. The maximum absolute atomic E-state index is 12.9. The highest BCUT2D eigenvalue weighted by Gasteiger charge is 2.28. The van der Waals surface area contributed by atoms with Crippen LogP contribution in [0.2, 0.25) is 0 Å². The molecular weight excluding hydrogens is 408 g/mol. The van der Waals surface area contributed by atoms with Crippen LogP contribution in [0.15, 0.2) is 53.7 Å². The Morgan fingerprint density at radius 1 is 1.16 bits per heavy atom. The molecule has 1 atom stereocenters. The Labute approximate surface area is 186 Å². The third kappa shape index (κ3) is 4.74. The Bertz CT molecular complexity index is 1170. The Kier molecular flexibility index (Phi) is 6.68. The number of esters is 1. The minimum atomic E-state index is -0.360. The van der Waals surface area contributed by atoms with E-state index in [2.05, 4.69) is 4.98 Å². The Morgan fingerprint density at radius 3 is 2.81 bits per heavy atom. The summed E-state index contributed by atoms with van der Waals surface area (Å²) in [6, 6.07) is 10.9. The number of hydrogen-bond acceptors (Lipinski definition) is 5. The lowest BCUT2D eigenvalue weighted by molar-refractivity contribution is -0.144. The van der Waals surface area contributed by atoms with Crippen molar-refractivity contribution in [3.63, 3.8) is 0 Å². The second-order valence-corrected chi connectivity index (χ2v) is 8.17. The van der Waals surface area contributed by atoms with Crippen LogP contribution in [0.3, 0.4) is 0 Å². The molecule has 3 heterocycles. The molecule has 1 unspecified atom stereocenters. The number of piperidine rings is 1. The van der Waals surface area contributed by atoms with E-state index in [1.807, 2.05) is 40.9 Å². The molecule has 2 aromatic heterocycles. The van der Waals surface area contributed by atoms with Crippen molar-refractivity contribution in [3.8, 4) is 0 Å². The maximum atomic E-state index is 12.9. The molecule has 1 saturated heterocycles. The van der Waals surface area contributed by atoms with E-state index in [4.69, 9.17) is 4.74 Å². The number of nitrogens with zero attached hydrogens (tertiary/aromatic N) is 4. The third-order valence-electron chi connectivity index (χ3n) is 6.05. The van der Waals surface area contributed by atoms with Crippen LogP contribution in [-0.4, -0.2) is 50.1 Å². The quantitative estimate of drug-likeness (QED) is 0.532. The van der Waals surface area contributed by atoms with Gasteiger partial charge in [0.1, 0.15) is 5.69 Å². The molecule has 1 aliphatic heterocycles. The van der Waals surface area contributed by atoms with Crippen molar-refractivity contribution in [3.05, 3.63) is 65.0 Å². The molecule has 8 nitrogen and oxygen atoms in total. The number of fused-ring (bicyclic) bond motifs is 1. The Hall–Kier alpha value is -3.42. The van der Waals surface area contributed by atoms with Crippen LogP contribution in [0.25, 0.3) is 10.9 Å². The van der Waals surface area contributed by atoms with Crippen molar-refractivity contribution in [2.75, 3.05) is 13.2 Å². The van der Waals surface area contributed by atoms with Crippen molar-refractivity contribution in [2.45, 2.75) is 44.7 Å². The van der Waals surface area contributed by atoms with Crippen LogP contribution in [0, 0.1) is 0 Å². The van der Waals surface area contributed by atoms with E-state index in [-0.39, 0.29) is 43.1 Å². The zero-order valence-electron chi connectivity index (χ0n) is 18.3. The van der Waals surface area contributed by atoms with Crippen LogP contribution < -0.4 is 5.56 Å². The highest BCUT2D eigenvalue weighted by molar-refractivity contribution is 5.93. The molecule has 1 aromatic carbocycles. The van der Waals surface area contributed by atoms with Gasteiger partial charge in [-0.1, -0.05) is 12.1 Å². The van der Waals surface area contributed by atoms with E-state index in [9.17, 15) is 14.4 Å². The molecule has 0 N–H and O–H groups in total. The molecule has 0 aliphatic carbocycles. The van der Waals surface area contributed by atoms with Crippen molar-refractivity contribution in [1.29, 1.82) is 0 Å². The summed E-state index contributed by atoms with van der Waals surface area (Å²) in [7, 11) is 1.87. The Morgan fingerprint density at radius 2 is 2.00 bits per heavy atom. The third-order valence-corrected chi connectivity index (χ3v) is 6.05. The number of para-hydroxylation sites is 1. The van der Waals surface area contributed by atoms with Gasteiger partial charge in [0.05, 0.1) is 30.3 Å². The monoisotopic (exact) mass is 436 g/mol. The van der Waals surface area contributed by atoms with Gasteiger partial charge in [-0.3, -0.25) is 19.0 Å². The molecule has 0 spiro atoms. The van der Waals surface area contributed by atoms with Gasteiger partial charge in [0, 0.05) is 38.8 Å². The van der Waals surface area contributed by atoms with Crippen LogP contribution in [-0.2, 0) is 23.1 Å². The number of carbonyl (C=O) groups is 2. The fourth-order valence-electron chi connectivity index (χ4n) is 4.26. The summed E-state index contributed by atoms with van der Waals surface area (Å²) >= 11 is 0. The van der Waals surface area contributed by atoms with E-state index in [0.717, 1.165) is 25.8 Å². The molecule has 0 saturated carbocycles. The molecule has 0 bridgehead atoms. The summed E-state index contributed by atoms with van der Waals surface area (Å²) < 4.78 is 8.68. The first-order chi connectivity index (χ1) is 15.5. The van der Waals surface area contributed by atoms with Gasteiger partial charge in [0.15, 0.2) is 0 Å². The van der Waals surface area contributed by atoms with E-state index in [1.165, 1.54) is 10.9 Å². The summed E-state index contributed by atoms with van der Waals surface area (Å²) in [6.45, 7) is 1.20. The highest BCUT2D eigenvalue weighted by Crippen LogP contribution is 2.22. The van der Waals surface area contributed by atoms with E-state index >= 15 is 0 Å². The number of benzene rings is 1. The molecule has 168 valence electrons. The number of aryl methyl sites for hydroxylation is 2. The lowest BCUT2D eigenvalue weighted by Gasteiger charge is -2.35. The summed E-state index contributed by atoms with van der Waals surface area (Å²) in [5, 5.41) is 0.531. The summed E-state index contributed by atoms with van der Waals surface area (Å²) in [5.41, 5.74) is 1.14. The summed E-state index contributed by atoms with van der Waals surface area (Å²) in [5.74, 6) is -0.335. The minimum Gasteiger partial charge on any atom is -0.466 e. The zero-order valence-corrected chi connectivity index (χ0v) is 18.3.